The van der Waals surface area contributed by atoms with Crippen molar-refractivity contribution < 1.29 is 23.7 Å². The van der Waals surface area contributed by atoms with Crippen LogP contribution < -0.4 is 23.8 Å². The number of methoxy groups -OCH3 is 4. The third-order valence-corrected chi connectivity index (χ3v) is 5.35. The minimum absolute atomic E-state index is 0. The van der Waals surface area contributed by atoms with E-state index in [4.69, 9.17) is 23.9 Å². The molecule has 2 aromatic rings. The number of carbonyl (C=O) groups excluding carboxylic acids is 1. The van der Waals surface area contributed by atoms with Crippen LogP contribution in [-0.2, 0) is 0 Å². The van der Waals surface area contributed by atoms with E-state index in [1.54, 1.807) is 46.6 Å². The van der Waals surface area contributed by atoms with Gasteiger partial charge in [-0.1, -0.05) is 6.42 Å². The highest BCUT2D eigenvalue weighted by molar-refractivity contribution is 8.93. The molecule has 0 radical (unpaired) electrons. The van der Waals surface area contributed by atoms with Gasteiger partial charge in [0, 0.05) is 24.6 Å². The van der Waals surface area contributed by atoms with Crippen LogP contribution in [0, 0.1) is 0 Å². The van der Waals surface area contributed by atoms with E-state index in [9.17, 15) is 4.79 Å². The normalized spacial score (nSPS) is 13.2. The summed E-state index contributed by atoms with van der Waals surface area (Å²) in [7, 11) is 6.36. The summed E-state index contributed by atoms with van der Waals surface area (Å²) in [5.41, 5.74) is 1.30. The molecule has 2 aromatic carbocycles. The summed E-state index contributed by atoms with van der Waals surface area (Å²) in [5.74, 6) is 3.28. The molecule has 0 unspecified atom stereocenters. The Balaban J connectivity index is 0.00000363. The number of carbonyl (C=O) groups is 1. The lowest BCUT2D eigenvalue weighted by Crippen LogP contribution is -2.36. The number of benzene rings is 2. The number of hydrogen-bond acceptors (Lipinski definition) is 7. The largest absolute Gasteiger partial charge is 0.497 e. The van der Waals surface area contributed by atoms with Crippen molar-refractivity contribution in [3.05, 3.63) is 42.0 Å². The van der Waals surface area contributed by atoms with Crippen molar-refractivity contribution in [1.82, 2.24) is 0 Å². The van der Waals surface area contributed by atoms with Gasteiger partial charge in [-0.05, 0) is 43.2 Å². The molecule has 0 spiro atoms. The molecule has 3 rings (SSSR count). The first-order valence-corrected chi connectivity index (χ1v) is 10.4. The topological polar surface area (TPSA) is 69.6 Å². The van der Waals surface area contributed by atoms with Gasteiger partial charge in [-0.3, -0.25) is 9.79 Å². The van der Waals surface area contributed by atoms with Gasteiger partial charge in [0.1, 0.15) is 17.3 Å². The number of ether oxygens (including phenoxy) is 4. The number of Topliss-reactive ketones (excluding diaryl/α,β-unsaturated/α-hetero) is 1. The van der Waals surface area contributed by atoms with Crippen LogP contribution in [0.3, 0.4) is 0 Å². The minimum atomic E-state index is -0.0576. The summed E-state index contributed by atoms with van der Waals surface area (Å²) in [4.78, 5) is 20.1. The Morgan fingerprint density at radius 2 is 1.59 bits per heavy atom. The van der Waals surface area contributed by atoms with Crippen molar-refractivity contribution in [2.24, 2.45) is 4.99 Å². The Morgan fingerprint density at radius 1 is 0.875 bits per heavy atom. The number of halogens is 1. The predicted octanol–water partition coefficient (Wildman–Crippen LogP) is 4.96. The van der Waals surface area contributed by atoms with Crippen LogP contribution in [0.25, 0.3) is 0 Å². The quantitative estimate of drug-likeness (QED) is 0.471. The van der Waals surface area contributed by atoms with Crippen LogP contribution in [-0.4, -0.2) is 53.1 Å². The van der Waals surface area contributed by atoms with E-state index in [-0.39, 0.29) is 29.3 Å². The number of rotatable bonds is 8. The van der Waals surface area contributed by atoms with Crippen molar-refractivity contribution in [3.8, 4) is 23.0 Å². The molecule has 0 N–H and O–H groups in total. The van der Waals surface area contributed by atoms with Crippen LogP contribution in [0.5, 0.6) is 23.0 Å². The third-order valence-electron chi connectivity index (χ3n) is 5.35. The van der Waals surface area contributed by atoms with Crippen molar-refractivity contribution in [1.29, 1.82) is 0 Å². The van der Waals surface area contributed by atoms with Gasteiger partial charge in [-0.2, -0.15) is 0 Å². The van der Waals surface area contributed by atoms with Gasteiger partial charge in [0.25, 0.3) is 0 Å². The molecule has 0 amide bonds. The van der Waals surface area contributed by atoms with E-state index in [1.165, 1.54) is 0 Å². The maximum Gasteiger partial charge on any atom is 0.182 e. The first-order chi connectivity index (χ1) is 15.1. The second-order valence-electron chi connectivity index (χ2n) is 7.23. The zero-order valence-electron chi connectivity index (χ0n) is 19.1. The minimum Gasteiger partial charge on any atom is -0.497 e. The van der Waals surface area contributed by atoms with Crippen LogP contribution >= 0.6 is 17.0 Å². The summed E-state index contributed by atoms with van der Waals surface area (Å²) in [5, 5.41) is 0. The van der Waals surface area contributed by atoms with E-state index < -0.39 is 0 Å². The van der Waals surface area contributed by atoms with E-state index in [2.05, 4.69) is 0 Å². The average molecular weight is 507 g/mol. The third kappa shape index (κ3) is 5.94. The Hall–Kier alpha value is -2.74. The molecule has 0 saturated carbocycles. The fourth-order valence-corrected chi connectivity index (χ4v) is 3.65. The second-order valence-corrected chi connectivity index (χ2v) is 7.23. The Bertz CT molecular complexity index is 948. The van der Waals surface area contributed by atoms with Crippen molar-refractivity contribution in [3.63, 3.8) is 0 Å². The van der Waals surface area contributed by atoms with Crippen LogP contribution in [0.15, 0.2) is 41.4 Å². The fraction of sp³-hybridized carbons (Fsp3) is 0.417. The molecule has 0 saturated heterocycles. The molecule has 32 heavy (non-hydrogen) atoms. The van der Waals surface area contributed by atoms with E-state index in [0.717, 1.165) is 43.8 Å². The smallest absolute Gasteiger partial charge is 0.182 e. The van der Waals surface area contributed by atoms with Crippen LogP contribution in [0.1, 0.15) is 36.0 Å². The van der Waals surface area contributed by atoms with Crippen LogP contribution in [0.4, 0.5) is 5.69 Å². The van der Waals surface area contributed by atoms with Gasteiger partial charge in [0.15, 0.2) is 17.3 Å². The molecule has 0 aliphatic carbocycles. The molecule has 1 heterocycles. The second kappa shape index (κ2) is 12.3. The van der Waals surface area contributed by atoms with E-state index >= 15 is 0 Å². The lowest BCUT2D eigenvalue weighted by atomic mass is 10.1. The van der Waals surface area contributed by atoms with Gasteiger partial charge in [0.05, 0.1) is 40.7 Å². The van der Waals surface area contributed by atoms with Gasteiger partial charge < -0.3 is 23.8 Å². The zero-order valence-corrected chi connectivity index (χ0v) is 20.8. The highest BCUT2D eigenvalue weighted by Crippen LogP contribution is 2.34. The maximum atomic E-state index is 13.3. The summed E-state index contributed by atoms with van der Waals surface area (Å²) in [6.07, 6.45) is 4.02. The Kier molecular flexibility index (Phi) is 9.84. The van der Waals surface area contributed by atoms with Crippen molar-refractivity contribution in [2.45, 2.75) is 25.7 Å². The number of nitrogens with zero attached hydrogens (tertiary/aromatic N) is 2. The highest BCUT2D eigenvalue weighted by Gasteiger charge is 2.23. The van der Waals surface area contributed by atoms with Crippen LogP contribution in [0.2, 0.25) is 0 Å². The molecule has 174 valence electrons. The standard InChI is InChI=1S/C24H30N2O5.BrH/c1-28-18-10-12-21(29-2)19(15-18)26(24-8-6-5-7-13-25-24)16-20(27)17-9-11-22(30-3)23(14-17)31-4;/h9-12,14-15H,5-8,13,16H2,1-4H3;1H. The molecule has 0 aromatic heterocycles. The molecule has 0 fully saturated rings. The molecule has 0 bridgehead atoms. The number of anilines is 1. The van der Waals surface area contributed by atoms with Gasteiger partial charge in [-0.25, -0.2) is 0 Å². The summed E-state index contributed by atoms with van der Waals surface area (Å²) in [6.45, 7) is 0.876. The lowest BCUT2D eigenvalue weighted by molar-refractivity contribution is 0.100. The van der Waals surface area contributed by atoms with Crippen molar-refractivity contribution in [2.75, 3.05) is 46.4 Å². The highest BCUT2D eigenvalue weighted by atomic mass is 79.9. The summed E-state index contributed by atoms with van der Waals surface area (Å²) >= 11 is 0. The molecule has 8 heteroatoms. The Labute approximate surface area is 200 Å². The number of hydrogen-bond donors (Lipinski definition) is 0. The molecule has 7 nitrogen and oxygen atoms in total. The number of ketones is 1. The average Bonchev–Trinajstić information content (AvgIpc) is 3.10. The molecular formula is C24H31BrN2O5. The Morgan fingerprint density at radius 3 is 2.28 bits per heavy atom. The van der Waals surface area contributed by atoms with Gasteiger partial charge >= 0.3 is 0 Å². The number of aliphatic imine (C=N–C) groups is 1. The molecular weight excluding hydrogens is 476 g/mol. The van der Waals surface area contributed by atoms with E-state index in [1.807, 2.05) is 23.1 Å². The molecule has 1 aliphatic heterocycles. The zero-order chi connectivity index (χ0) is 22.2. The molecule has 1 aliphatic rings. The first-order valence-electron chi connectivity index (χ1n) is 10.4. The molecule has 0 atom stereocenters. The maximum absolute atomic E-state index is 13.3. The first kappa shape index (κ1) is 25.5. The predicted molar refractivity (Wildman–Crippen MR) is 132 cm³/mol. The monoisotopic (exact) mass is 506 g/mol. The van der Waals surface area contributed by atoms with Gasteiger partial charge in [-0.15, -0.1) is 17.0 Å². The van der Waals surface area contributed by atoms with Crippen molar-refractivity contribution >= 4 is 34.3 Å². The van der Waals surface area contributed by atoms with E-state index in [0.29, 0.717) is 28.6 Å². The lowest BCUT2D eigenvalue weighted by Gasteiger charge is -2.27. The number of amidine groups is 1. The summed E-state index contributed by atoms with van der Waals surface area (Å²) in [6, 6.07) is 10.8. The fourth-order valence-electron chi connectivity index (χ4n) is 3.65. The van der Waals surface area contributed by atoms with Gasteiger partial charge in [0.2, 0.25) is 0 Å². The SMILES string of the molecule is Br.COc1ccc(OC)c(N(CC(=O)c2ccc(OC)c(OC)c2)C2=NCCCCC2)c1. The summed E-state index contributed by atoms with van der Waals surface area (Å²) < 4.78 is 21.7.